The molecule has 3 heterocycles. The molecule has 0 fully saturated rings. The van der Waals surface area contributed by atoms with Crippen molar-refractivity contribution in [2.75, 3.05) is 4.90 Å². The van der Waals surface area contributed by atoms with Crippen molar-refractivity contribution in [2.45, 2.75) is 0 Å². The molecule has 0 N–H and O–H groups in total. The molecular weight excluding hydrogens is 669 g/mol. The molecule has 0 radical (unpaired) electrons. The van der Waals surface area contributed by atoms with Crippen LogP contribution in [0.2, 0.25) is 0 Å². The molecule has 8 aromatic carbocycles. The molecule has 52 heavy (non-hydrogen) atoms. The molecular formula is C48H30N2S2. The fourth-order valence-electron chi connectivity index (χ4n) is 8.05. The van der Waals surface area contributed by atoms with E-state index in [9.17, 15) is 0 Å². The normalized spacial score (nSPS) is 11.8. The van der Waals surface area contributed by atoms with E-state index in [1.807, 2.05) is 22.7 Å². The zero-order valence-corrected chi connectivity index (χ0v) is 29.7. The third kappa shape index (κ3) is 4.55. The van der Waals surface area contributed by atoms with E-state index in [0.717, 1.165) is 22.7 Å². The van der Waals surface area contributed by atoms with Crippen LogP contribution < -0.4 is 4.90 Å². The number of hydrogen-bond donors (Lipinski definition) is 0. The Balaban J connectivity index is 1.25. The molecule has 244 valence electrons. The van der Waals surface area contributed by atoms with Gasteiger partial charge < -0.3 is 9.47 Å². The van der Waals surface area contributed by atoms with E-state index in [-0.39, 0.29) is 0 Å². The van der Waals surface area contributed by atoms with Crippen molar-refractivity contribution in [1.82, 2.24) is 4.57 Å². The van der Waals surface area contributed by atoms with Crippen LogP contribution in [0.15, 0.2) is 182 Å². The molecule has 11 aromatic rings. The average Bonchev–Trinajstić information content (AvgIpc) is 3.87. The lowest BCUT2D eigenvalue weighted by atomic mass is 10.0. The van der Waals surface area contributed by atoms with Crippen molar-refractivity contribution in [1.29, 1.82) is 0 Å². The van der Waals surface area contributed by atoms with Gasteiger partial charge in [0.15, 0.2) is 0 Å². The lowest BCUT2D eigenvalue weighted by Gasteiger charge is -2.27. The molecule has 0 aliphatic carbocycles. The van der Waals surface area contributed by atoms with Crippen LogP contribution in [0.3, 0.4) is 0 Å². The van der Waals surface area contributed by atoms with Crippen LogP contribution in [0.1, 0.15) is 0 Å². The molecule has 0 saturated carbocycles. The van der Waals surface area contributed by atoms with Gasteiger partial charge in [0.05, 0.1) is 11.0 Å². The van der Waals surface area contributed by atoms with Gasteiger partial charge in [-0.15, -0.1) is 22.7 Å². The monoisotopic (exact) mass is 698 g/mol. The van der Waals surface area contributed by atoms with Crippen LogP contribution in [0.4, 0.5) is 17.1 Å². The van der Waals surface area contributed by atoms with E-state index in [2.05, 4.69) is 191 Å². The number of benzene rings is 8. The highest BCUT2D eigenvalue weighted by Crippen LogP contribution is 2.45. The quantitative estimate of drug-likeness (QED) is 0.174. The molecule has 0 unspecified atom stereocenters. The molecule has 0 bridgehead atoms. The van der Waals surface area contributed by atoms with Crippen molar-refractivity contribution in [2.24, 2.45) is 0 Å². The van der Waals surface area contributed by atoms with Gasteiger partial charge >= 0.3 is 0 Å². The Morgan fingerprint density at radius 1 is 0.365 bits per heavy atom. The highest BCUT2D eigenvalue weighted by molar-refractivity contribution is 7.26. The summed E-state index contributed by atoms with van der Waals surface area (Å²) in [5.74, 6) is 0. The van der Waals surface area contributed by atoms with Gasteiger partial charge in [0.2, 0.25) is 0 Å². The van der Waals surface area contributed by atoms with Crippen molar-refractivity contribution < 1.29 is 0 Å². The highest BCUT2D eigenvalue weighted by atomic mass is 32.1. The van der Waals surface area contributed by atoms with Gasteiger partial charge in [-0.25, -0.2) is 0 Å². The molecule has 0 spiro atoms. The van der Waals surface area contributed by atoms with Gasteiger partial charge in [-0.2, -0.15) is 0 Å². The maximum atomic E-state index is 2.49. The predicted molar refractivity (Wildman–Crippen MR) is 227 cm³/mol. The second kappa shape index (κ2) is 11.7. The molecule has 11 rings (SSSR count). The number of thiophene rings is 2. The summed E-state index contributed by atoms with van der Waals surface area (Å²) in [5.41, 5.74) is 9.32. The largest absolute Gasteiger partial charge is 0.310 e. The van der Waals surface area contributed by atoms with E-state index in [0.29, 0.717) is 0 Å². The summed E-state index contributed by atoms with van der Waals surface area (Å²) in [6.07, 6.45) is 0. The first kappa shape index (κ1) is 29.5. The number of nitrogens with zero attached hydrogens (tertiary/aromatic N) is 2. The molecule has 0 amide bonds. The van der Waals surface area contributed by atoms with E-state index < -0.39 is 0 Å². The van der Waals surface area contributed by atoms with E-state index in [1.165, 1.54) is 73.3 Å². The number of hydrogen-bond acceptors (Lipinski definition) is 3. The van der Waals surface area contributed by atoms with Gasteiger partial charge in [-0.05, 0) is 83.9 Å². The molecule has 3 aromatic heterocycles. The number of fused-ring (bicyclic) bond motifs is 9. The van der Waals surface area contributed by atoms with Crippen molar-refractivity contribution >= 4 is 102 Å². The molecule has 4 heteroatoms. The lowest BCUT2D eigenvalue weighted by Crippen LogP contribution is -2.10. The SMILES string of the molecule is c1ccc(N(c2ccccc2)c2cc(-c3cccc4c3sc3ccccc34)cc(-n3c4ccccc4c4cc5sc6ccccc6c5cc43)c2)cc1. The van der Waals surface area contributed by atoms with Crippen LogP contribution in [0.5, 0.6) is 0 Å². The Morgan fingerprint density at radius 3 is 1.73 bits per heavy atom. The minimum absolute atomic E-state index is 1.11. The topological polar surface area (TPSA) is 8.17 Å². The van der Waals surface area contributed by atoms with Gasteiger partial charge in [-0.1, -0.05) is 109 Å². The summed E-state index contributed by atoms with van der Waals surface area (Å²) in [7, 11) is 0. The Morgan fingerprint density at radius 2 is 0.981 bits per heavy atom. The van der Waals surface area contributed by atoms with E-state index in [1.54, 1.807) is 0 Å². The van der Waals surface area contributed by atoms with Crippen LogP contribution in [0.25, 0.3) is 79.0 Å². The van der Waals surface area contributed by atoms with E-state index in [4.69, 9.17) is 0 Å². The highest BCUT2D eigenvalue weighted by Gasteiger charge is 2.20. The fourth-order valence-corrected chi connectivity index (χ4v) is 10.4. The van der Waals surface area contributed by atoms with Crippen molar-refractivity contribution in [3.05, 3.63) is 182 Å². The summed E-state index contributed by atoms with van der Waals surface area (Å²) in [5, 5.41) is 7.77. The average molecular weight is 699 g/mol. The zero-order chi connectivity index (χ0) is 34.2. The zero-order valence-electron chi connectivity index (χ0n) is 28.0. The lowest BCUT2D eigenvalue weighted by molar-refractivity contribution is 1.17. The van der Waals surface area contributed by atoms with Gasteiger partial charge in [-0.3, -0.25) is 0 Å². The first-order chi connectivity index (χ1) is 25.8. The number of anilines is 3. The smallest absolute Gasteiger partial charge is 0.0548 e. The third-order valence-corrected chi connectivity index (χ3v) is 12.7. The number of rotatable bonds is 5. The van der Waals surface area contributed by atoms with Crippen LogP contribution in [-0.2, 0) is 0 Å². The second-order valence-corrected chi connectivity index (χ2v) is 15.5. The van der Waals surface area contributed by atoms with Crippen LogP contribution in [0, 0.1) is 0 Å². The first-order valence-corrected chi connectivity index (χ1v) is 19.2. The van der Waals surface area contributed by atoms with Gasteiger partial charge in [0.25, 0.3) is 0 Å². The van der Waals surface area contributed by atoms with Gasteiger partial charge in [0.1, 0.15) is 0 Å². The maximum absolute atomic E-state index is 2.49. The Kier molecular flexibility index (Phi) is 6.63. The van der Waals surface area contributed by atoms with Gasteiger partial charge in [0, 0.05) is 73.9 Å². The second-order valence-electron chi connectivity index (χ2n) is 13.3. The Bertz CT molecular complexity index is 3090. The summed E-state index contributed by atoms with van der Waals surface area (Å²) < 4.78 is 7.75. The van der Waals surface area contributed by atoms with Crippen molar-refractivity contribution in [3.63, 3.8) is 0 Å². The number of aromatic nitrogens is 1. The molecule has 0 atom stereocenters. The summed E-state index contributed by atoms with van der Waals surface area (Å²) in [6, 6.07) is 66.7. The predicted octanol–water partition coefficient (Wildman–Crippen LogP) is 14.7. The molecule has 0 aliphatic heterocycles. The minimum Gasteiger partial charge on any atom is -0.310 e. The van der Waals surface area contributed by atoms with Crippen LogP contribution >= 0.6 is 22.7 Å². The van der Waals surface area contributed by atoms with Crippen LogP contribution in [-0.4, -0.2) is 4.57 Å². The molecule has 0 saturated heterocycles. The summed E-state index contributed by atoms with van der Waals surface area (Å²) >= 11 is 3.76. The third-order valence-electron chi connectivity index (χ3n) is 10.3. The van der Waals surface area contributed by atoms with E-state index >= 15 is 0 Å². The molecule has 0 aliphatic rings. The first-order valence-electron chi connectivity index (χ1n) is 17.6. The summed E-state index contributed by atoms with van der Waals surface area (Å²) in [4.78, 5) is 2.39. The molecule has 2 nitrogen and oxygen atoms in total. The van der Waals surface area contributed by atoms with Crippen molar-refractivity contribution in [3.8, 4) is 16.8 Å². The Labute approximate surface area is 308 Å². The maximum Gasteiger partial charge on any atom is 0.0548 e. The standard InChI is InChI=1S/C48H30N2S2/c1-3-14-32(15-4-1)49(33-16-5-2-6-17-33)34-26-31(36-21-13-22-40-38-19-8-12-25-46(38)52-48(36)40)27-35(28-34)50-43-23-10-7-18-37(43)41-30-47-42(29-44(41)50)39-20-9-11-24-45(39)51-47/h1-30H. The fraction of sp³-hybridized carbons (Fsp3) is 0. The Hall–Kier alpha value is -6.20. The minimum atomic E-state index is 1.11. The summed E-state index contributed by atoms with van der Waals surface area (Å²) in [6.45, 7) is 0. The number of para-hydroxylation sites is 3.